The monoisotopic (exact) mass is 360 g/mol. The van der Waals surface area contributed by atoms with E-state index in [-0.39, 0.29) is 18.0 Å². The molecule has 0 unspecified atom stereocenters. The van der Waals surface area contributed by atoms with Crippen LogP contribution in [0.2, 0.25) is 0 Å². The van der Waals surface area contributed by atoms with Crippen molar-refractivity contribution in [3.63, 3.8) is 0 Å². The van der Waals surface area contributed by atoms with Gasteiger partial charge in [0.2, 0.25) is 0 Å². The molecule has 0 fully saturated rings. The van der Waals surface area contributed by atoms with Crippen LogP contribution in [0.1, 0.15) is 40.1 Å². The van der Waals surface area contributed by atoms with Gasteiger partial charge in [0.1, 0.15) is 12.4 Å². The topological polar surface area (TPSA) is 69.7 Å². The van der Waals surface area contributed by atoms with Gasteiger partial charge in [-0.1, -0.05) is 19.1 Å². The lowest BCUT2D eigenvalue weighted by Crippen LogP contribution is -2.10. The van der Waals surface area contributed by atoms with Gasteiger partial charge in [0.15, 0.2) is 5.78 Å². The summed E-state index contributed by atoms with van der Waals surface area (Å²) in [6.45, 7) is 3.21. The molecule has 0 amide bonds. The van der Waals surface area contributed by atoms with E-state index >= 15 is 0 Å². The minimum Gasteiger partial charge on any atom is -0.496 e. The zero-order valence-electron chi connectivity index (χ0n) is 14.4. The van der Waals surface area contributed by atoms with Crippen molar-refractivity contribution < 1.29 is 23.3 Å². The molecule has 1 atom stereocenters. The summed E-state index contributed by atoms with van der Waals surface area (Å²) in [7, 11) is 0.251. The molecule has 0 spiro atoms. The standard InChI is InChI=1S/C19H20O5S/c1-4-25(22)18-8-6-5-7-16(18)19(21)24-12-15-11-14(13(2)20)9-10-17(15)23-3/h5-11H,4,12H2,1-3H3/t25-/m1/s1. The van der Waals surface area contributed by atoms with Gasteiger partial charge in [0.05, 0.1) is 28.4 Å². The van der Waals surface area contributed by atoms with Gasteiger partial charge in [-0.25, -0.2) is 4.79 Å². The van der Waals surface area contributed by atoms with Crippen LogP contribution in [-0.4, -0.2) is 28.8 Å². The number of rotatable bonds is 7. The predicted molar refractivity (Wildman–Crippen MR) is 95.5 cm³/mol. The molecule has 2 rings (SSSR count). The summed E-state index contributed by atoms with van der Waals surface area (Å²) in [4.78, 5) is 24.4. The van der Waals surface area contributed by atoms with Crippen molar-refractivity contribution in [3.05, 3.63) is 59.2 Å². The number of hydrogen-bond acceptors (Lipinski definition) is 5. The number of methoxy groups -OCH3 is 1. The van der Waals surface area contributed by atoms with Gasteiger partial charge in [-0.3, -0.25) is 9.00 Å². The number of hydrogen-bond donors (Lipinski definition) is 0. The Morgan fingerprint density at radius 2 is 1.84 bits per heavy atom. The predicted octanol–water partition coefficient (Wildman–Crippen LogP) is 3.38. The molecule has 2 aromatic rings. The largest absolute Gasteiger partial charge is 0.496 e. The SMILES string of the molecule is CC[S@@](=O)c1ccccc1C(=O)OCc1cc(C(C)=O)ccc1OC. The van der Waals surface area contributed by atoms with Gasteiger partial charge < -0.3 is 9.47 Å². The summed E-state index contributed by atoms with van der Waals surface area (Å²) in [6.07, 6.45) is 0. The van der Waals surface area contributed by atoms with Crippen molar-refractivity contribution in [1.82, 2.24) is 0 Å². The molecule has 6 heteroatoms. The molecule has 0 aliphatic carbocycles. The van der Waals surface area contributed by atoms with Crippen LogP contribution in [0.3, 0.4) is 0 Å². The van der Waals surface area contributed by atoms with Gasteiger partial charge in [-0.2, -0.15) is 0 Å². The van der Waals surface area contributed by atoms with E-state index < -0.39 is 16.8 Å². The highest BCUT2D eigenvalue weighted by atomic mass is 32.2. The number of esters is 1. The molecule has 0 saturated carbocycles. The molecule has 132 valence electrons. The van der Waals surface area contributed by atoms with Crippen LogP contribution in [0.5, 0.6) is 5.75 Å². The number of ketones is 1. The molecule has 0 aromatic heterocycles. The Labute approximate surface area is 149 Å². The van der Waals surface area contributed by atoms with Gasteiger partial charge >= 0.3 is 5.97 Å². The van der Waals surface area contributed by atoms with E-state index in [2.05, 4.69) is 0 Å². The molecule has 0 bridgehead atoms. The first-order chi connectivity index (χ1) is 12.0. The third kappa shape index (κ3) is 4.54. The Morgan fingerprint density at radius 1 is 1.12 bits per heavy atom. The molecule has 0 N–H and O–H groups in total. The van der Waals surface area contributed by atoms with Crippen LogP contribution in [-0.2, 0) is 22.1 Å². The fraction of sp³-hybridized carbons (Fsp3) is 0.263. The summed E-state index contributed by atoms with van der Waals surface area (Å²) in [5.74, 6) is 0.300. The zero-order chi connectivity index (χ0) is 18.4. The lowest BCUT2D eigenvalue weighted by atomic mass is 10.1. The lowest BCUT2D eigenvalue weighted by Gasteiger charge is -2.12. The molecular formula is C19H20O5S. The van der Waals surface area contributed by atoms with Crippen LogP contribution in [0.4, 0.5) is 0 Å². The number of Topliss-reactive ketones (excluding diaryl/α,β-unsaturated/α-hetero) is 1. The van der Waals surface area contributed by atoms with E-state index in [0.717, 1.165) is 0 Å². The van der Waals surface area contributed by atoms with E-state index in [1.807, 2.05) is 0 Å². The van der Waals surface area contributed by atoms with Gasteiger partial charge in [0.25, 0.3) is 0 Å². The molecule has 0 aliphatic rings. The Bertz CT molecular complexity index is 813. The van der Waals surface area contributed by atoms with Crippen LogP contribution >= 0.6 is 0 Å². The lowest BCUT2D eigenvalue weighted by molar-refractivity contribution is 0.0466. The van der Waals surface area contributed by atoms with E-state index in [9.17, 15) is 13.8 Å². The second kappa shape index (κ2) is 8.58. The van der Waals surface area contributed by atoms with E-state index in [4.69, 9.17) is 9.47 Å². The van der Waals surface area contributed by atoms with Crippen LogP contribution in [0.15, 0.2) is 47.4 Å². The first kappa shape index (κ1) is 18.9. The summed E-state index contributed by atoms with van der Waals surface area (Å²) < 4.78 is 22.7. The molecule has 0 heterocycles. The number of carbonyl (C=O) groups excluding carboxylic acids is 2. The molecule has 2 aromatic carbocycles. The Kier molecular flexibility index (Phi) is 6.47. The van der Waals surface area contributed by atoms with Crippen LogP contribution < -0.4 is 4.74 Å². The van der Waals surface area contributed by atoms with Gasteiger partial charge in [0, 0.05) is 16.9 Å². The summed E-state index contributed by atoms with van der Waals surface area (Å²) in [5, 5.41) is 0. The number of carbonyl (C=O) groups is 2. The summed E-state index contributed by atoms with van der Waals surface area (Å²) in [6, 6.07) is 11.7. The minimum atomic E-state index is -1.26. The first-order valence-corrected chi connectivity index (χ1v) is 9.12. The van der Waals surface area contributed by atoms with Crippen LogP contribution in [0.25, 0.3) is 0 Å². The summed E-state index contributed by atoms with van der Waals surface area (Å²) >= 11 is 0. The molecule has 0 aliphatic heterocycles. The fourth-order valence-corrected chi connectivity index (χ4v) is 3.26. The Hall–Kier alpha value is -2.47. The van der Waals surface area contributed by atoms with Crippen molar-refractivity contribution in [2.45, 2.75) is 25.3 Å². The van der Waals surface area contributed by atoms with Crippen molar-refractivity contribution in [2.24, 2.45) is 0 Å². The first-order valence-electron chi connectivity index (χ1n) is 7.80. The maximum atomic E-state index is 12.4. The highest BCUT2D eigenvalue weighted by molar-refractivity contribution is 7.85. The average Bonchev–Trinajstić information content (AvgIpc) is 2.65. The van der Waals surface area contributed by atoms with Crippen molar-refractivity contribution >= 4 is 22.6 Å². The third-order valence-electron chi connectivity index (χ3n) is 3.66. The normalized spacial score (nSPS) is 11.6. The maximum absolute atomic E-state index is 12.4. The quantitative estimate of drug-likeness (QED) is 0.559. The summed E-state index contributed by atoms with van der Waals surface area (Å²) in [5.41, 5.74) is 1.39. The third-order valence-corrected chi connectivity index (χ3v) is 5.03. The number of ether oxygens (including phenoxy) is 2. The Morgan fingerprint density at radius 3 is 2.48 bits per heavy atom. The smallest absolute Gasteiger partial charge is 0.339 e. The van der Waals surface area contributed by atoms with E-state index in [0.29, 0.717) is 27.5 Å². The minimum absolute atomic E-state index is 0.0454. The molecule has 0 radical (unpaired) electrons. The van der Waals surface area contributed by atoms with E-state index in [1.54, 1.807) is 49.4 Å². The van der Waals surface area contributed by atoms with Gasteiger partial charge in [-0.15, -0.1) is 0 Å². The highest BCUT2D eigenvalue weighted by Gasteiger charge is 2.17. The van der Waals surface area contributed by atoms with Crippen molar-refractivity contribution in [2.75, 3.05) is 12.9 Å². The maximum Gasteiger partial charge on any atom is 0.339 e. The zero-order valence-corrected chi connectivity index (χ0v) is 15.2. The van der Waals surface area contributed by atoms with Gasteiger partial charge in [-0.05, 0) is 37.3 Å². The second-order valence-electron chi connectivity index (χ2n) is 5.29. The van der Waals surface area contributed by atoms with Crippen LogP contribution in [0, 0.1) is 0 Å². The Balaban J connectivity index is 2.22. The molecular weight excluding hydrogens is 340 g/mol. The van der Waals surface area contributed by atoms with E-state index in [1.165, 1.54) is 14.0 Å². The van der Waals surface area contributed by atoms with Crippen molar-refractivity contribution in [1.29, 1.82) is 0 Å². The highest BCUT2D eigenvalue weighted by Crippen LogP contribution is 2.22. The molecule has 0 saturated heterocycles. The second-order valence-corrected chi connectivity index (χ2v) is 7.00. The average molecular weight is 360 g/mol. The number of benzene rings is 2. The molecule has 25 heavy (non-hydrogen) atoms. The van der Waals surface area contributed by atoms with Crippen molar-refractivity contribution in [3.8, 4) is 5.75 Å². The fourth-order valence-electron chi connectivity index (χ4n) is 2.32. The molecule has 5 nitrogen and oxygen atoms in total.